The Morgan fingerprint density at radius 2 is 1.75 bits per heavy atom. The van der Waals surface area contributed by atoms with E-state index in [1.54, 1.807) is 13.4 Å². The summed E-state index contributed by atoms with van der Waals surface area (Å²) in [5, 5.41) is 2.06. The van der Waals surface area contributed by atoms with Gasteiger partial charge in [-0.2, -0.15) is 0 Å². The first-order valence-corrected chi connectivity index (χ1v) is 7.69. The summed E-state index contributed by atoms with van der Waals surface area (Å²) in [5.74, 6) is 0. The highest BCUT2D eigenvalue weighted by Gasteiger charge is 2.09. The highest BCUT2D eigenvalue weighted by molar-refractivity contribution is 5.89. The zero-order valence-electron chi connectivity index (χ0n) is 13.2. The van der Waals surface area contributed by atoms with E-state index in [2.05, 4.69) is 16.0 Å². The number of benzene rings is 2. The van der Waals surface area contributed by atoms with Gasteiger partial charge < -0.3 is 14.7 Å². The van der Waals surface area contributed by atoms with Crippen LogP contribution in [0.25, 0.3) is 39.1 Å². The Labute approximate surface area is 138 Å². The van der Waals surface area contributed by atoms with Gasteiger partial charge in [0.25, 0.3) is 5.56 Å². The van der Waals surface area contributed by atoms with Crippen molar-refractivity contribution in [2.45, 2.75) is 0 Å². The Kier molecular flexibility index (Phi) is 3.43. The van der Waals surface area contributed by atoms with Crippen molar-refractivity contribution in [2.24, 2.45) is 0 Å². The number of nitrogens with one attached hydrogen (secondary N) is 2. The highest BCUT2D eigenvalue weighted by atomic mass is 16.5. The van der Waals surface area contributed by atoms with Crippen LogP contribution in [-0.4, -0.2) is 17.1 Å². The number of rotatable bonds is 3. The molecule has 2 heterocycles. The lowest BCUT2D eigenvalue weighted by atomic mass is 10.1. The Bertz CT molecular complexity index is 1120. The summed E-state index contributed by atoms with van der Waals surface area (Å²) >= 11 is 0. The van der Waals surface area contributed by atoms with Crippen molar-refractivity contribution in [3.05, 3.63) is 76.8 Å². The lowest BCUT2D eigenvalue weighted by Gasteiger charge is -2.01. The first-order valence-electron chi connectivity index (χ1n) is 7.69. The third kappa shape index (κ3) is 2.48. The number of methoxy groups -OCH3 is 1. The maximum Gasteiger partial charge on any atom is 0.257 e. The lowest BCUT2D eigenvalue weighted by molar-refractivity contribution is 0.341. The Balaban J connectivity index is 1.85. The number of para-hydroxylation sites is 1. The van der Waals surface area contributed by atoms with Gasteiger partial charge in [0.05, 0.1) is 24.6 Å². The molecule has 0 amide bonds. The highest BCUT2D eigenvalue weighted by Crippen LogP contribution is 2.25. The van der Waals surface area contributed by atoms with Crippen LogP contribution in [0.2, 0.25) is 0 Å². The number of aromatic nitrogens is 2. The molecule has 2 aromatic heterocycles. The SMILES string of the molecule is COC=Cc1ccc2[nH]c(-c3cc4ccccc4[nH]c3=O)cc2c1. The first kappa shape index (κ1) is 14.3. The second-order valence-electron chi connectivity index (χ2n) is 5.67. The van der Waals surface area contributed by atoms with E-state index < -0.39 is 0 Å². The fraction of sp³-hybridized carbons (Fsp3) is 0.0500. The van der Waals surface area contributed by atoms with E-state index >= 15 is 0 Å². The van der Waals surface area contributed by atoms with Crippen molar-refractivity contribution in [1.82, 2.24) is 9.97 Å². The minimum atomic E-state index is -0.0974. The normalized spacial score (nSPS) is 11.5. The van der Waals surface area contributed by atoms with Gasteiger partial charge in [-0.1, -0.05) is 24.3 Å². The second-order valence-corrected chi connectivity index (χ2v) is 5.67. The van der Waals surface area contributed by atoms with Crippen LogP contribution < -0.4 is 5.56 Å². The Hall–Kier alpha value is -3.27. The average Bonchev–Trinajstić information content (AvgIpc) is 3.02. The fourth-order valence-corrected chi connectivity index (χ4v) is 2.89. The maximum absolute atomic E-state index is 12.4. The van der Waals surface area contributed by atoms with Crippen LogP contribution in [0.3, 0.4) is 0 Å². The fourth-order valence-electron chi connectivity index (χ4n) is 2.89. The van der Waals surface area contributed by atoms with Crippen LogP contribution in [0.15, 0.2) is 65.7 Å². The number of fused-ring (bicyclic) bond motifs is 2. The summed E-state index contributed by atoms with van der Waals surface area (Å²) < 4.78 is 4.96. The van der Waals surface area contributed by atoms with Crippen molar-refractivity contribution >= 4 is 27.9 Å². The van der Waals surface area contributed by atoms with E-state index in [-0.39, 0.29) is 5.56 Å². The third-order valence-electron chi connectivity index (χ3n) is 4.09. The van der Waals surface area contributed by atoms with Gasteiger partial charge in [-0.3, -0.25) is 4.79 Å². The summed E-state index contributed by atoms with van der Waals surface area (Å²) in [7, 11) is 1.62. The van der Waals surface area contributed by atoms with Crippen molar-refractivity contribution in [3.63, 3.8) is 0 Å². The molecule has 2 aromatic carbocycles. The van der Waals surface area contributed by atoms with Crippen LogP contribution in [0.5, 0.6) is 0 Å². The molecule has 4 heteroatoms. The Morgan fingerprint density at radius 3 is 2.62 bits per heavy atom. The van der Waals surface area contributed by atoms with Crippen LogP contribution >= 0.6 is 0 Å². The number of pyridine rings is 1. The molecule has 0 aliphatic heterocycles. The molecule has 0 bridgehead atoms. The van der Waals surface area contributed by atoms with Crippen LogP contribution in [0.4, 0.5) is 0 Å². The number of hydrogen-bond donors (Lipinski definition) is 2. The van der Waals surface area contributed by atoms with Gasteiger partial charge in [-0.25, -0.2) is 0 Å². The molecule has 0 spiro atoms. The summed E-state index contributed by atoms with van der Waals surface area (Å²) in [4.78, 5) is 18.7. The molecule has 4 rings (SSSR count). The van der Waals surface area contributed by atoms with Crippen molar-refractivity contribution in [3.8, 4) is 11.3 Å². The molecule has 0 saturated carbocycles. The number of aromatic amines is 2. The molecular formula is C20H16N2O2. The molecule has 2 N–H and O–H groups in total. The molecule has 118 valence electrons. The van der Waals surface area contributed by atoms with Gasteiger partial charge in [0.2, 0.25) is 0 Å². The molecule has 0 aliphatic rings. The summed E-state index contributed by atoms with van der Waals surface area (Å²) in [6, 6.07) is 17.8. The van der Waals surface area contributed by atoms with Crippen LogP contribution in [0.1, 0.15) is 5.56 Å². The van der Waals surface area contributed by atoms with Crippen molar-refractivity contribution in [1.29, 1.82) is 0 Å². The molecule has 0 fully saturated rings. The molecule has 0 saturated heterocycles. The molecule has 0 aliphatic carbocycles. The quantitative estimate of drug-likeness (QED) is 0.554. The maximum atomic E-state index is 12.4. The van der Waals surface area contributed by atoms with Gasteiger partial charge in [0.1, 0.15) is 0 Å². The smallest absolute Gasteiger partial charge is 0.257 e. The summed E-state index contributed by atoms with van der Waals surface area (Å²) in [6.07, 6.45) is 3.54. The largest absolute Gasteiger partial charge is 0.504 e. The minimum absolute atomic E-state index is 0.0974. The minimum Gasteiger partial charge on any atom is -0.504 e. The average molecular weight is 316 g/mol. The number of hydrogen-bond acceptors (Lipinski definition) is 2. The van der Waals surface area contributed by atoms with E-state index in [0.717, 1.165) is 33.1 Å². The zero-order valence-corrected chi connectivity index (χ0v) is 13.2. The first-order chi connectivity index (χ1) is 11.7. The molecular weight excluding hydrogens is 300 g/mol. The summed E-state index contributed by atoms with van der Waals surface area (Å²) in [5.41, 5.74) is 4.23. The Morgan fingerprint density at radius 1 is 0.917 bits per heavy atom. The van der Waals surface area contributed by atoms with E-state index in [9.17, 15) is 4.79 Å². The van der Waals surface area contributed by atoms with Gasteiger partial charge in [0.15, 0.2) is 0 Å². The topological polar surface area (TPSA) is 57.9 Å². The standard InChI is InChI=1S/C20H16N2O2/c1-24-9-8-13-6-7-18-15(10-13)12-19(21-18)16-11-14-4-2-3-5-17(14)22-20(16)23/h2-12,21H,1H3,(H,22,23). The third-order valence-corrected chi connectivity index (χ3v) is 4.09. The second kappa shape index (κ2) is 5.74. The van der Waals surface area contributed by atoms with E-state index in [1.807, 2.05) is 54.6 Å². The van der Waals surface area contributed by atoms with Gasteiger partial charge in [-0.15, -0.1) is 0 Å². The van der Waals surface area contributed by atoms with Crippen molar-refractivity contribution < 1.29 is 4.74 Å². The van der Waals surface area contributed by atoms with Crippen LogP contribution in [0, 0.1) is 0 Å². The van der Waals surface area contributed by atoms with Gasteiger partial charge in [0, 0.05) is 16.4 Å². The van der Waals surface area contributed by atoms with E-state index in [4.69, 9.17) is 4.74 Å². The van der Waals surface area contributed by atoms with Crippen LogP contribution in [-0.2, 0) is 4.74 Å². The molecule has 4 nitrogen and oxygen atoms in total. The summed E-state index contributed by atoms with van der Waals surface area (Å²) in [6.45, 7) is 0. The molecule has 24 heavy (non-hydrogen) atoms. The number of H-pyrrole nitrogens is 2. The predicted octanol–water partition coefficient (Wildman–Crippen LogP) is 4.29. The van der Waals surface area contributed by atoms with Gasteiger partial charge >= 0.3 is 0 Å². The molecule has 0 atom stereocenters. The molecule has 0 unspecified atom stereocenters. The lowest BCUT2D eigenvalue weighted by Crippen LogP contribution is -2.08. The molecule has 4 aromatic rings. The van der Waals surface area contributed by atoms with E-state index in [1.165, 1.54) is 0 Å². The predicted molar refractivity (Wildman–Crippen MR) is 97.9 cm³/mol. The molecule has 0 radical (unpaired) electrons. The monoisotopic (exact) mass is 316 g/mol. The van der Waals surface area contributed by atoms with E-state index in [0.29, 0.717) is 5.56 Å². The van der Waals surface area contributed by atoms with Gasteiger partial charge in [-0.05, 0) is 47.4 Å². The zero-order chi connectivity index (χ0) is 16.5. The number of ether oxygens (including phenoxy) is 1. The van der Waals surface area contributed by atoms with Crippen molar-refractivity contribution in [2.75, 3.05) is 7.11 Å².